The number of carbonyl (C=O) groups excluding carboxylic acids is 1. The van der Waals surface area contributed by atoms with Crippen molar-refractivity contribution in [1.82, 2.24) is 10.2 Å². The minimum Gasteiger partial charge on any atom is -0.399 e. The van der Waals surface area contributed by atoms with Gasteiger partial charge in [0.15, 0.2) is 0 Å². The Hall–Kier alpha value is -3.32. The number of rotatable bonds is 4. The molecule has 2 aromatic rings. The zero-order valence-electron chi connectivity index (χ0n) is 15.3. The number of amides is 1. The van der Waals surface area contributed by atoms with E-state index < -0.39 is 5.82 Å². The van der Waals surface area contributed by atoms with Crippen molar-refractivity contribution in [2.75, 3.05) is 25.1 Å². The fourth-order valence-corrected chi connectivity index (χ4v) is 3.09. The second-order valence-corrected chi connectivity index (χ2v) is 6.64. The molecule has 1 aliphatic heterocycles. The van der Waals surface area contributed by atoms with Crippen LogP contribution in [0.2, 0.25) is 5.02 Å². The Labute approximate surface area is 167 Å². The second-order valence-electron chi connectivity index (χ2n) is 6.23. The van der Waals surface area contributed by atoms with E-state index in [0.29, 0.717) is 28.2 Å². The van der Waals surface area contributed by atoms with E-state index in [0.717, 1.165) is 0 Å². The quantitative estimate of drug-likeness (QED) is 0.465. The predicted molar refractivity (Wildman–Crippen MR) is 111 cm³/mol. The van der Waals surface area contributed by atoms with Crippen LogP contribution in [0.25, 0.3) is 5.57 Å². The molecule has 0 aliphatic carbocycles. The fraction of sp³-hybridized carbons (Fsp3) is 0.100. The van der Waals surface area contributed by atoms with Crippen LogP contribution < -0.4 is 16.4 Å². The number of halogens is 2. The molecule has 0 unspecified atom stereocenters. The molecule has 0 bridgehead atoms. The van der Waals surface area contributed by atoms with Crippen LogP contribution >= 0.6 is 11.6 Å². The van der Waals surface area contributed by atoms with Gasteiger partial charge >= 0.3 is 0 Å². The SMILES string of the molecule is CN/C=C1\C(=N)C(c2cc(N)ccc2Nc2ccc(F)cc2Cl)=CN(C)C1=O. The first kappa shape index (κ1) is 19.4. The van der Waals surface area contributed by atoms with Gasteiger partial charge in [0.25, 0.3) is 5.91 Å². The first-order valence-corrected chi connectivity index (χ1v) is 8.77. The molecule has 6 nitrogen and oxygen atoms in total. The third kappa shape index (κ3) is 3.70. The third-order valence-electron chi connectivity index (χ3n) is 4.24. The number of carbonyl (C=O) groups is 1. The highest BCUT2D eigenvalue weighted by Crippen LogP contribution is 2.35. The Kier molecular flexibility index (Phi) is 5.37. The number of benzene rings is 2. The molecule has 1 aliphatic rings. The molecule has 28 heavy (non-hydrogen) atoms. The first-order chi connectivity index (χ1) is 13.3. The topological polar surface area (TPSA) is 94.2 Å². The number of anilines is 3. The lowest BCUT2D eigenvalue weighted by molar-refractivity contribution is -0.123. The Morgan fingerprint density at radius 3 is 2.61 bits per heavy atom. The number of allylic oxidation sites excluding steroid dienone is 1. The molecule has 1 heterocycles. The van der Waals surface area contributed by atoms with Gasteiger partial charge in [-0.1, -0.05) is 11.6 Å². The van der Waals surface area contributed by atoms with Crippen molar-refractivity contribution >= 4 is 45.9 Å². The second kappa shape index (κ2) is 7.74. The molecular weight excluding hydrogens is 381 g/mol. The van der Waals surface area contributed by atoms with Gasteiger partial charge in [0.2, 0.25) is 0 Å². The van der Waals surface area contributed by atoms with Crippen LogP contribution in [0.3, 0.4) is 0 Å². The molecule has 5 N–H and O–H groups in total. The zero-order chi connectivity index (χ0) is 20.4. The van der Waals surface area contributed by atoms with E-state index in [-0.39, 0.29) is 22.2 Å². The van der Waals surface area contributed by atoms with Gasteiger partial charge in [0.05, 0.1) is 22.0 Å². The maximum atomic E-state index is 13.3. The number of nitrogens with two attached hydrogens (primary N) is 1. The van der Waals surface area contributed by atoms with E-state index in [2.05, 4.69) is 10.6 Å². The van der Waals surface area contributed by atoms with Gasteiger partial charge in [-0.3, -0.25) is 10.2 Å². The molecule has 0 spiro atoms. The van der Waals surface area contributed by atoms with Crippen LogP contribution in [0.1, 0.15) is 5.56 Å². The molecule has 8 heteroatoms. The van der Waals surface area contributed by atoms with Crippen LogP contribution in [0.15, 0.2) is 54.4 Å². The highest BCUT2D eigenvalue weighted by molar-refractivity contribution is 6.41. The monoisotopic (exact) mass is 399 g/mol. The lowest BCUT2D eigenvalue weighted by Gasteiger charge is -2.26. The molecule has 0 atom stereocenters. The van der Waals surface area contributed by atoms with Crippen LogP contribution in [0.5, 0.6) is 0 Å². The summed E-state index contributed by atoms with van der Waals surface area (Å²) in [6.45, 7) is 0. The summed E-state index contributed by atoms with van der Waals surface area (Å²) >= 11 is 6.13. The summed E-state index contributed by atoms with van der Waals surface area (Å²) in [7, 11) is 3.28. The predicted octanol–water partition coefficient (Wildman–Crippen LogP) is 3.74. The van der Waals surface area contributed by atoms with Crippen LogP contribution in [-0.4, -0.2) is 30.6 Å². The van der Waals surface area contributed by atoms with E-state index in [9.17, 15) is 9.18 Å². The molecule has 1 amide bonds. The van der Waals surface area contributed by atoms with Crippen molar-refractivity contribution in [3.63, 3.8) is 0 Å². The molecule has 0 saturated heterocycles. The summed E-state index contributed by atoms with van der Waals surface area (Å²) in [6, 6.07) is 9.20. The van der Waals surface area contributed by atoms with Crippen molar-refractivity contribution < 1.29 is 9.18 Å². The van der Waals surface area contributed by atoms with Crippen LogP contribution in [0, 0.1) is 11.2 Å². The molecular formula is C20H19ClFN5O. The van der Waals surface area contributed by atoms with E-state index in [4.69, 9.17) is 22.7 Å². The van der Waals surface area contributed by atoms with E-state index in [1.807, 2.05) is 0 Å². The number of nitrogen functional groups attached to an aromatic ring is 1. The van der Waals surface area contributed by atoms with E-state index >= 15 is 0 Å². The number of hydrogen-bond acceptors (Lipinski definition) is 5. The maximum Gasteiger partial charge on any atom is 0.261 e. The van der Waals surface area contributed by atoms with Crippen molar-refractivity contribution in [3.8, 4) is 0 Å². The largest absolute Gasteiger partial charge is 0.399 e. The van der Waals surface area contributed by atoms with Gasteiger partial charge in [-0.2, -0.15) is 0 Å². The average molecular weight is 400 g/mol. The van der Waals surface area contributed by atoms with E-state index in [1.54, 1.807) is 38.5 Å². The zero-order valence-corrected chi connectivity index (χ0v) is 16.1. The van der Waals surface area contributed by atoms with Crippen molar-refractivity contribution in [3.05, 3.63) is 70.8 Å². The lowest BCUT2D eigenvalue weighted by Crippen LogP contribution is -2.33. The normalized spacial score (nSPS) is 15.6. The maximum absolute atomic E-state index is 13.3. The minimum atomic E-state index is -0.438. The summed E-state index contributed by atoms with van der Waals surface area (Å²) in [4.78, 5) is 13.8. The fourth-order valence-electron chi connectivity index (χ4n) is 2.87. The number of hydrogen-bond donors (Lipinski definition) is 4. The molecule has 144 valence electrons. The van der Waals surface area contributed by atoms with Gasteiger partial charge in [0, 0.05) is 49.0 Å². The highest BCUT2D eigenvalue weighted by atomic mass is 35.5. The summed E-state index contributed by atoms with van der Waals surface area (Å²) < 4.78 is 13.3. The van der Waals surface area contributed by atoms with Crippen LogP contribution in [-0.2, 0) is 4.79 Å². The minimum absolute atomic E-state index is 0.0660. The molecule has 0 saturated carbocycles. The summed E-state index contributed by atoms with van der Waals surface area (Å²) in [5, 5.41) is 14.7. The molecule has 0 radical (unpaired) electrons. The smallest absolute Gasteiger partial charge is 0.261 e. The summed E-state index contributed by atoms with van der Waals surface area (Å²) in [6.07, 6.45) is 3.08. The Balaban J connectivity index is 2.10. The number of nitrogens with zero attached hydrogens (tertiary/aromatic N) is 1. The average Bonchev–Trinajstić information content (AvgIpc) is 2.65. The molecule has 0 fully saturated rings. The van der Waals surface area contributed by atoms with Gasteiger partial charge in [-0.15, -0.1) is 0 Å². The third-order valence-corrected chi connectivity index (χ3v) is 4.55. The highest BCUT2D eigenvalue weighted by Gasteiger charge is 2.28. The Morgan fingerprint density at radius 2 is 1.93 bits per heavy atom. The van der Waals surface area contributed by atoms with Gasteiger partial charge in [-0.25, -0.2) is 4.39 Å². The summed E-state index contributed by atoms with van der Waals surface area (Å²) in [5.74, 6) is -0.727. The van der Waals surface area contributed by atoms with Crippen molar-refractivity contribution in [1.29, 1.82) is 5.41 Å². The number of likely N-dealkylation sites (N-methyl/N-ethyl adjacent to an activating group) is 1. The van der Waals surface area contributed by atoms with Crippen molar-refractivity contribution in [2.45, 2.75) is 0 Å². The first-order valence-electron chi connectivity index (χ1n) is 8.39. The molecule has 0 aromatic heterocycles. The molecule has 2 aromatic carbocycles. The Bertz CT molecular complexity index is 1030. The standard InChI is InChI=1S/C20H19ClFN5O/c1-25-9-14-19(24)15(10-27(2)20(14)28)13-8-12(23)4-6-17(13)26-18-5-3-11(22)7-16(18)21/h3-10,24-26H,23H2,1-2H3/b14-9+,24-19?. The van der Waals surface area contributed by atoms with E-state index in [1.165, 1.54) is 29.3 Å². The van der Waals surface area contributed by atoms with Gasteiger partial charge < -0.3 is 21.3 Å². The lowest BCUT2D eigenvalue weighted by atomic mass is 9.92. The van der Waals surface area contributed by atoms with Crippen molar-refractivity contribution in [2.24, 2.45) is 0 Å². The Morgan fingerprint density at radius 1 is 1.21 bits per heavy atom. The van der Waals surface area contributed by atoms with Gasteiger partial charge in [-0.05, 0) is 36.4 Å². The van der Waals surface area contributed by atoms with Crippen LogP contribution in [0.4, 0.5) is 21.5 Å². The molecule has 3 rings (SSSR count). The van der Waals surface area contributed by atoms with Gasteiger partial charge in [0.1, 0.15) is 5.82 Å². The summed E-state index contributed by atoms with van der Waals surface area (Å²) in [5.41, 5.74) is 9.02. The number of nitrogens with one attached hydrogen (secondary N) is 3.